The molecule has 0 bridgehead atoms. The molecule has 1 fully saturated rings. The molecule has 0 unspecified atom stereocenters. The van der Waals surface area contributed by atoms with E-state index in [1.165, 1.54) is 0 Å². The molecule has 86 valence electrons. The van der Waals surface area contributed by atoms with Gasteiger partial charge in [-0.2, -0.15) is 11.8 Å². The number of benzene rings is 1. The average Bonchev–Trinajstić information content (AvgIpc) is 2.39. The van der Waals surface area contributed by atoms with E-state index in [1.54, 1.807) is 0 Å². The molecule has 4 heteroatoms. The van der Waals surface area contributed by atoms with E-state index in [-0.39, 0.29) is 5.91 Å². The van der Waals surface area contributed by atoms with Crippen LogP contribution in [0.5, 0.6) is 0 Å². The van der Waals surface area contributed by atoms with Crippen molar-refractivity contribution in [2.45, 2.75) is 5.88 Å². The van der Waals surface area contributed by atoms with E-state index in [0.29, 0.717) is 5.88 Å². The molecular formula is C12H14ClNOS. The van der Waals surface area contributed by atoms with Crippen molar-refractivity contribution in [3.8, 4) is 0 Å². The average molecular weight is 256 g/mol. The smallest absolute Gasteiger partial charge is 0.253 e. The van der Waals surface area contributed by atoms with Crippen molar-refractivity contribution in [2.75, 3.05) is 24.6 Å². The number of thioether (sulfide) groups is 1. The third-order valence-corrected chi connectivity index (χ3v) is 3.88. The van der Waals surface area contributed by atoms with Gasteiger partial charge in [-0.3, -0.25) is 4.79 Å². The van der Waals surface area contributed by atoms with Crippen molar-refractivity contribution in [1.82, 2.24) is 4.90 Å². The van der Waals surface area contributed by atoms with Crippen LogP contribution in [0.15, 0.2) is 24.3 Å². The van der Waals surface area contributed by atoms with Gasteiger partial charge in [0.1, 0.15) is 0 Å². The summed E-state index contributed by atoms with van der Waals surface area (Å²) >= 11 is 7.67. The summed E-state index contributed by atoms with van der Waals surface area (Å²) in [6.45, 7) is 1.71. The Morgan fingerprint density at radius 2 is 2.12 bits per heavy atom. The predicted octanol–water partition coefficient (Wildman–Crippen LogP) is 2.61. The zero-order valence-electron chi connectivity index (χ0n) is 8.99. The van der Waals surface area contributed by atoms with E-state index >= 15 is 0 Å². The Hall–Kier alpha value is -0.670. The zero-order valence-corrected chi connectivity index (χ0v) is 10.6. The summed E-state index contributed by atoms with van der Waals surface area (Å²) in [5, 5.41) is 0. The molecule has 1 heterocycles. The highest BCUT2D eigenvalue weighted by Crippen LogP contribution is 2.14. The fourth-order valence-electron chi connectivity index (χ4n) is 1.74. The van der Waals surface area contributed by atoms with Crippen LogP contribution in [0.1, 0.15) is 15.9 Å². The Kier molecular flexibility index (Phi) is 4.13. The van der Waals surface area contributed by atoms with E-state index in [1.807, 2.05) is 40.9 Å². The number of halogens is 1. The van der Waals surface area contributed by atoms with E-state index in [9.17, 15) is 4.79 Å². The molecule has 1 amide bonds. The van der Waals surface area contributed by atoms with Crippen LogP contribution in [0.2, 0.25) is 0 Å². The molecular weight excluding hydrogens is 242 g/mol. The summed E-state index contributed by atoms with van der Waals surface area (Å²) in [4.78, 5) is 14.1. The molecule has 0 aromatic heterocycles. The Morgan fingerprint density at radius 1 is 1.38 bits per heavy atom. The Morgan fingerprint density at radius 3 is 2.81 bits per heavy atom. The van der Waals surface area contributed by atoms with Gasteiger partial charge >= 0.3 is 0 Å². The van der Waals surface area contributed by atoms with E-state index in [0.717, 1.165) is 35.7 Å². The number of nitrogens with zero attached hydrogens (tertiary/aromatic N) is 1. The van der Waals surface area contributed by atoms with Crippen LogP contribution in [0, 0.1) is 0 Å². The minimum absolute atomic E-state index is 0.132. The third kappa shape index (κ3) is 2.71. The van der Waals surface area contributed by atoms with Crippen molar-refractivity contribution in [2.24, 2.45) is 0 Å². The quantitative estimate of drug-likeness (QED) is 0.758. The normalized spacial score (nSPS) is 16.2. The molecule has 16 heavy (non-hydrogen) atoms. The number of carbonyl (C=O) groups is 1. The summed E-state index contributed by atoms with van der Waals surface area (Å²) in [5.74, 6) is 2.67. The summed E-state index contributed by atoms with van der Waals surface area (Å²) in [5.41, 5.74) is 1.75. The molecule has 0 saturated carbocycles. The lowest BCUT2D eigenvalue weighted by Crippen LogP contribution is -2.37. The number of carbonyl (C=O) groups excluding carboxylic acids is 1. The molecule has 0 spiro atoms. The van der Waals surface area contributed by atoms with E-state index < -0.39 is 0 Å². The fraction of sp³-hybridized carbons (Fsp3) is 0.417. The molecule has 0 radical (unpaired) electrons. The first-order valence-electron chi connectivity index (χ1n) is 5.33. The Balaban J connectivity index is 2.12. The maximum atomic E-state index is 12.1. The standard InChI is InChI=1S/C12H14ClNOS/c13-9-10-2-1-3-11(8-10)12(15)14-4-6-16-7-5-14/h1-3,8H,4-7,9H2. The molecule has 2 rings (SSSR count). The third-order valence-electron chi connectivity index (χ3n) is 2.63. The molecule has 1 saturated heterocycles. The predicted molar refractivity (Wildman–Crippen MR) is 69.2 cm³/mol. The van der Waals surface area contributed by atoms with Gasteiger partial charge in [0.05, 0.1) is 0 Å². The van der Waals surface area contributed by atoms with Gasteiger partial charge in [-0.25, -0.2) is 0 Å². The van der Waals surface area contributed by atoms with Crippen molar-refractivity contribution >= 4 is 29.3 Å². The van der Waals surface area contributed by atoms with Crippen LogP contribution in [0.25, 0.3) is 0 Å². The summed E-state index contributed by atoms with van der Waals surface area (Å²) < 4.78 is 0. The molecule has 1 aromatic rings. The van der Waals surface area contributed by atoms with Crippen LogP contribution >= 0.6 is 23.4 Å². The van der Waals surface area contributed by atoms with Gasteiger partial charge in [-0.05, 0) is 17.7 Å². The van der Waals surface area contributed by atoms with E-state index in [4.69, 9.17) is 11.6 Å². The SMILES string of the molecule is O=C(c1cccc(CCl)c1)N1CCSCC1. The van der Waals surface area contributed by atoms with Crippen LogP contribution in [-0.2, 0) is 5.88 Å². The molecule has 1 aliphatic heterocycles. The highest BCUT2D eigenvalue weighted by Gasteiger charge is 2.18. The molecule has 0 atom stereocenters. The van der Waals surface area contributed by atoms with Crippen LogP contribution in [0.4, 0.5) is 0 Å². The second kappa shape index (κ2) is 5.60. The molecule has 0 N–H and O–H groups in total. The van der Waals surface area contributed by atoms with E-state index in [2.05, 4.69) is 0 Å². The number of amides is 1. The van der Waals surface area contributed by atoms with Gasteiger partial charge in [0.2, 0.25) is 0 Å². The van der Waals surface area contributed by atoms with Gasteiger partial charge in [-0.1, -0.05) is 12.1 Å². The first kappa shape index (κ1) is 11.8. The number of rotatable bonds is 2. The monoisotopic (exact) mass is 255 g/mol. The van der Waals surface area contributed by atoms with Crippen LogP contribution in [-0.4, -0.2) is 35.4 Å². The Bertz CT molecular complexity index is 377. The Labute approximate surface area is 105 Å². The topological polar surface area (TPSA) is 20.3 Å². The van der Waals surface area contributed by atoms with Gasteiger partial charge in [0, 0.05) is 36.0 Å². The minimum atomic E-state index is 0.132. The minimum Gasteiger partial charge on any atom is -0.337 e. The summed E-state index contributed by atoms with van der Waals surface area (Å²) in [7, 11) is 0. The zero-order chi connectivity index (χ0) is 11.4. The summed E-state index contributed by atoms with van der Waals surface area (Å²) in [6.07, 6.45) is 0. The fourth-order valence-corrected chi connectivity index (χ4v) is 2.81. The van der Waals surface area contributed by atoms with Gasteiger partial charge in [0.15, 0.2) is 0 Å². The maximum absolute atomic E-state index is 12.1. The molecule has 2 nitrogen and oxygen atoms in total. The van der Waals surface area contributed by atoms with Crippen LogP contribution < -0.4 is 0 Å². The highest BCUT2D eigenvalue weighted by atomic mass is 35.5. The number of alkyl halides is 1. The lowest BCUT2D eigenvalue weighted by Gasteiger charge is -2.26. The first-order chi connectivity index (χ1) is 7.81. The number of hydrogen-bond acceptors (Lipinski definition) is 2. The second-order valence-electron chi connectivity index (χ2n) is 3.74. The number of hydrogen-bond donors (Lipinski definition) is 0. The van der Waals surface area contributed by atoms with Crippen molar-refractivity contribution in [3.05, 3.63) is 35.4 Å². The van der Waals surface area contributed by atoms with Gasteiger partial charge in [-0.15, -0.1) is 11.6 Å². The lowest BCUT2D eigenvalue weighted by molar-refractivity contribution is 0.0772. The van der Waals surface area contributed by atoms with Crippen molar-refractivity contribution in [1.29, 1.82) is 0 Å². The second-order valence-corrected chi connectivity index (χ2v) is 5.23. The molecule has 0 aliphatic carbocycles. The van der Waals surface area contributed by atoms with Crippen LogP contribution in [0.3, 0.4) is 0 Å². The summed E-state index contributed by atoms with van der Waals surface area (Å²) in [6, 6.07) is 7.58. The van der Waals surface area contributed by atoms with Gasteiger partial charge < -0.3 is 4.90 Å². The maximum Gasteiger partial charge on any atom is 0.253 e. The molecule has 1 aromatic carbocycles. The van der Waals surface area contributed by atoms with Crippen molar-refractivity contribution < 1.29 is 4.79 Å². The van der Waals surface area contributed by atoms with Gasteiger partial charge in [0.25, 0.3) is 5.91 Å². The van der Waals surface area contributed by atoms with Crippen molar-refractivity contribution in [3.63, 3.8) is 0 Å². The lowest BCUT2D eigenvalue weighted by atomic mass is 10.1. The largest absolute Gasteiger partial charge is 0.337 e. The molecule has 1 aliphatic rings. The highest BCUT2D eigenvalue weighted by molar-refractivity contribution is 7.99. The first-order valence-corrected chi connectivity index (χ1v) is 7.02.